The number of urea groups is 1. The largest absolute Gasteiger partial charge is 0.383 e. The van der Waals surface area contributed by atoms with E-state index in [1.807, 2.05) is 50.4 Å². The van der Waals surface area contributed by atoms with Gasteiger partial charge in [-0.05, 0) is 26.0 Å². The van der Waals surface area contributed by atoms with E-state index in [1.54, 1.807) is 27.6 Å². The average Bonchev–Trinajstić information content (AvgIpc) is 3.55. The summed E-state index contributed by atoms with van der Waals surface area (Å²) in [4.78, 5) is 27.2. The third-order valence-electron chi connectivity index (χ3n) is 5.69. The summed E-state index contributed by atoms with van der Waals surface area (Å²) in [6.45, 7) is 5.93. The fraction of sp³-hybridized carbons (Fsp3) is 0.348. The Kier molecular flexibility index (Phi) is 6.40. The van der Waals surface area contributed by atoms with Crippen molar-refractivity contribution >= 4 is 17.6 Å². The molecule has 4 heterocycles. The smallest absolute Gasteiger partial charge is 0.320 e. The molecule has 0 saturated carbocycles. The quantitative estimate of drug-likeness (QED) is 0.414. The maximum absolute atomic E-state index is 13.0. The number of aryl methyl sites for hydroxylation is 1. The molecule has 1 aromatic carbocycles. The van der Waals surface area contributed by atoms with Crippen LogP contribution in [0.3, 0.4) is 0 Å². The molecule has 182 valence electrons. The molecule has 12 nitrogen and oxygen atoms in total. The number of anilines is 1. The highest BCUT2D eigenvalue weighted by atomic mass is 16.7. The lowest BCUT2D eigenvalue weighted by Gasteiger charge is -2.15. The topological polar surface area (TPSA) is 124 Å². The van der Waals surface area contributed by atoms with E-state index in [2.05, 4.69) is 25.7 Å². The van der Waals surface area contributed by atoms with Crippen molar-refractivity contribution < 1.29 is 14.4 Å². The summed E-state index contributed by atoms with van der Waals surface area (Å²) >= 11 is 0. The monoisotopic (exact) mass is 477 g/mol. The number of aromatic nitrogens is 6. The zero-order valence-corrected chi connectivity index (χ0v) is 19.8. The molecule has 1 atom stereocenters. The molecule has 5 rings (SSSR count). The van der Waals surface area contributed by atoms with Crippen molar-refractivity contribution in [3.8, 4) is 16.9 Å². The summed E-state index contributed by atoms with van der Waals surface area (Å²) in [5.41, 5.74) is 3.06. The van der Waals surface area contributed by atoms with Gasteiger partial charge in [-0.25, -0.2) is 19.0 Å². The zero-order chi connectivity index (χ0) is 24.4. The van der Waals surface area contributed by atoms with Gasteiger partial charge < -0.3 is 10.1 Å². The number of hydroxylamine groups is 2. The average molecular weight is 478 g/mol. The molecule has 3 aromatic heterocycles. The second-order valence-electron chi connectivity index (χ2n) is 8.29. The number of hydrogen-bond acceptors (Lipinski definition) is 8. The summed E-state index contributed by atoms with van der Waals surface area (Å²) in [7, 11) is 1.65. The number of nitrogens with one attached hydrogen (secondary N) is 2. The summed E-state index contributed by atoms with van der Waals surface area (Å²) in [5.74, 6) is 1.72. The Hall–Kier alpha value is -3.87. The minimum absolute atomic E-state index is 0.137. The molecule has 0 radical (unpaired) electrons. The number of benzene rings is 1. The highest BCUT2D eigenvalue weighted by Gasteiger charge is 2.26. The van der Waals surface area contributed by atoms with Crippen LogP contribution in [-0.2, 0) is 9.57 Å². The lowest BCUT2D eigenvalue weighted by molar-refractivity contribution is -0.118. The number of hydrogen-bond donors (Lipinski definition) is 2. The van der Waals surface area contributed by atoms with Crippen LogP contribution in [-0.4, -0.2) is 79.9 Å². The summed E-state index contributed by atoms with van der Waals surface area (Å²) in [6, 6.07) is 9.17. The van der Waals surface area contributed by atoms with Crippen LogP contribution in [0.25, 0.3) is 22.7 Å². The molecule has 2 N–H and O–H groups in total. The minimum Gasteiger partial charge on any atom is -0.383 e. The van der Waals surface area contributed by atoms with Gasteiger partial charge in [-0.2, -0.15) is 20.2 Å². The van der Waals surface area contributed by atoms with Crippen LogP contribution in [0.1, 0.15) is 11.4 Å². The van der Waals surface area contributed by atoms with Gasteiger partial charge in [0, 0.05) is 43.7 Å². The Morgan fingerprint density at radius 2 is 2.06 bits per heavy atom. The molecule has 1 aliphatic heterocycles. The molecule has 0 unspecified atom stereocenters. The molecular formula is C23H27N9O3. The standard InChI is InChI=1S/C23H27N9O3/c1-15-20(17-11-24-22-25-16(2)28-31(22)12-17)29-32(19-7-5-4-6-8-19)21(15)27-23(33)26-18-13-30(35-14-18)9-10-34-3/h4-8,11-12,18H,9-10,13-14H2,1-3H3,(H2,26,27,33)/t18-/m1/s1. The van der Waals surface area contributed by atoms with Gasteiger partial charge >= 0.3 is 6.03 Å². The number of rotatable bonds is 7. The van der Waals surface area contributed by atoms with E-state index >= 15 is 0 Å². The van der Waals surface area contributed by atoms with Crippen molar-refractivity contribution in [1.82, 2.24) is 39.7 Å². The van der Waals surface area contributed by atoms with Crippen LogP contribution in [0, 0.1) is 13.8 Å². The summed E-state index contributed by atoms with van der Waals surface area (Å²) < 4.78 is 8.43. The van der Waals surface area contributed by atoms with Crippen LogP contribution in [0.2, 0.25) is 0 Å². The number of carbonyl (C=O) groups excluding carboxylic acids is 1. The van der Waals surface area contributed by atoms with Crippen LogP contribution in [0.4, 0.5) is 10.6 Å². The predicted octanol–water partition coefficient (Wildman–Crippen LogP) is 1.98. The first kappa shape index (κ1) is 22.9. The van der Waals surface area contributed by atoms with Gasteiger partial charge in [0.2, 0.25) is 0 Å². The summed E-state index contributed by atoms with van der Waals surface area (Å²) in [6.07, 6.45) is 3.55. The Morgan fingerprint density at radius 3 is 2.86 bits per heavy atom. The molecule has 1 aliphatic rings. The van der Waals surface area contributed by atoms with E-state index in [-0.39, 0.29) is 12.1 Å². The highest BCUT2D eigenvalue weighted by molar-refractivity contribution is 5.91. The number of nitrogens with zero attached hydrogens (tertiary/aromatic N) is 7. The normalized spacial score (nSPS) is 16.1. The second kappa shape index (κ2) is 9.78. The molecule has 0 aliphatic carbocycles. The first-order chi connectivity index (χ1) is 17.0. The summed E-state index contributed by atoms with van der Waals surface area (Å²) in [5, 5.41) is 16.9. The number of amides is 2. The maximum atomic E-state index is 13.0. The Labute approximate surface area is 201 Å². The molecule has 12 heteroatoms. The van der Waals surface area contributed by atoms with E-state index < -0.39 is 0 Å². The van der Waals surface area contributed by atoms with Gasteiger partial charge in [0.1, 0.15) is 17.3 Å². The van der Waals surface area contributed by atoms with Crippen molar-refractivity contribution in [2.75, 3.05) is 38.7 Å². The van der Waals surface area contributed by atoms with Gasteiger partial charge in [-0.1, -0.05) is 18.2 Å². The molecule has 1 saturated heterocycles. The highest BCUT2D eigenvalue weighted by Crippen LogP contribution is 2.30. The molecule has 4 aromatic rings. The first-order valence-corrected chi connectivity index (χ1v) is 11.3. The zero-order valence-electron chi connectivity index (χ0n) is 19.8. The van der Waals surface area contributed by atoms with E-state index in [4.69, 9.17) is 14.7 Å². The van der Waals surface area contributed by atoms with Crippen molar-refractivity contribution in [2.24, 2.45) is 0 Å². The lowest BCUT2D eigenvalue weighted by Crippen LogP contribution is -2.41. The number of ether oxygens (including phenoxy) is 1. The van der Waals surface area contributed by atoms with Gasteiger partial charge in [-0.15, -0.1) is 0 Å². The third kappa shape index (κ3) is 4.85. The molecule has 0 spiro atoms. The number of methoxy groups -OCH3 is 1. The number of para-hydroxylation sites is 1. The predicted molar refractivity (Wildman–Crippen MR) is 128 cm³/mol. The van der Waals surface area contributed by atoms with E-state index in [0.717, 1.165) is 16.8 Å². The molecule has 2 amide bonds. The molecule has 0 bridgehead atoms. The Balaban J connectivity index is 1.42. The molecule has 35 heavy (non-hydrogen) atoms. The fourth-order valence-corrected chi connectivity index (χ4v) is 3.99. The van der Waals surface area contributed by atoms with Crippen LogP contribution >= 0.6 is 0 Å². The Morgan fingerprint density at radius 1 is 1.23 bits per heavy atom. The van der Waals surface area contributed by atoms with Gasteiger partial charge in [0.15, 0.2) is 0 Å². The van der Waals surface area contributed by atoms with E-state index in [0.29, 0.717) is 49.4 Å². The van der Waals surface area contributed by atoms with Crippen molar-refractivity contribution in [3.63, 3.8) is 0 Å². The van der Waals surface area contributed by atoms with Crippen molar-refractivity contribution in [3.05, 3.63) is 54.1 Å². The van der Waals surface area contributed by atoms with Crippen molar-refractivity contribution in [2.45, 2.75) is 19.9 Å². The van der Waals surface area contributed by atoms with Gasteiger partial charge in [0.05, 0.1) is 24.9 Å². The van der Waals surface area contributed by atoms with Gasteiger partial charge in [-0.3, -0.25) is 10.2 Å². The second-order valence-corrected chi connectivity index (χ2v) is 8.29. The number of carbonyl (C=O) groups is 1. The van der Waals surface area contributed by atoms with Crippen LogP contribution in [0.5, 0.6) is 0 Å². The molecular weight excluding hydrogens is 450 g/mol. The minimum atomic E-state index is -0.334. The van der Waals surface area contributed by atoms with E-state index in [9.17, 15) is 4.79 Å². The van der Waals surface area contributed by atoms with Crippen molar-refractivity contribution in [1.29, 1.82) is 0 Å². The third-order valence-corrected chi connectivity index (χ3v) is 5.69. The molecule has 1 fully saturated rings. The van der Waals surface area contributed by atoms with E-state index in [1.165, 1.54) is 0 Å². The maximum Gasteiger partial charge on any atom is 0.320 e. The SMILES string of the molecule is COCCN1C[C@@H](NC(=O)Nc2c(C)c(-c3cnc4nc(C)nn4c3)nn2-c2ccccc2)CO1. The first-order valence-electron chi connectivity index (χ1n) is 11.3. The number of fused-ring (bicyclic) bond motifs is 1. The van der Waals surface area contributed by atoms with Crippen LogP contribution < -0.4 is 10.6 Å². The Bertz CT molecular complexity index is 1340. The van der Waals surface area contributed by atoms with Crippen LogP contribution in [0.15, 0.2) is 42.7 Å². The van der Waals surface area contributed by atoms with Gasteiger partial charge in [0.25, 0.3) is 5.78 Å². The fourth-order valence-electron chi connectivity index (χ4n) is 3.99. The lowest BCUT2D eigenvalue weighted by atomic mass is 10.1.